The lowest BCUT2D eigenvalue weighted by molar-refractivity contribution is 0.391. The van der Waals surface area contributed by atoms with Crippen molar-refractivity contribution < 1.29 is 9.63 Å². The molecule has 0 aliphatic heterocycles. The average Bonchev–Trinajstić information content (AvgIpc) is 3.36. The van der Waals surface area contributed by atoms with Gasteiger partial charge in [-0.3, -0.25) is 13.9 Å². The second kappa shape index (κ2) is 6.55. The molecule has 0 fully saturated rings. The van der Waals surface area contributed by atoms with Gasteiger partial charge in [0.05, 0.1) is 42.6 Å². The van der Waals surface area contributed by atoms with Gasteiger partial charge in [0.25, 0.3) is 0 Å². The Balaban J connectivity index is 1.62. The minimum absolute atomic E-state index is 0.158. The van der Waals surface area contributed by atoms with Gasteiger partial charge >= 0.3 is 5.69 Å². The Hall–Kier alpha value is -3.56. The molecule has 0 bridgehead atoms. The van der Waals surface area contributed by atoms with Gasteiger partial charge in [-0.15, -0.1) is 0 Å². The number of hydrogen-bond donors (Lipinski definition) is 1. The van der Waals surface area contributed by atoms with Crippen molar-refractivity contribution in [1.29, 1.82) is 0 Å². The predicted molar refractivity (Wildman–Crippen MR) is 99.6 cm³/mol. The fourth-order valence-electron chi connectivity index (χ4n) is 3.17. The molecule has 4 rings (SSSR count). The summed E-state index contributed by atoms with van der Waals surface area (Å²) in [5, 5.41) is 22.9. The van der Waals surface area contributed by atoms with Crippen molar-refractivity contribution >= 4 is 0 Å². The molecule has 4 heterocycles. The Bertz CT molecular complexity index is 1170. The maximum Gasteiger partial charge on any atom is 0.336 e. The number of aromatic hydroxyl groups is 1. The van der Waals surface area contributed by atoms with Crippen LogP contribution in [0.5, 0.6) is 5.88 Å². The fraction of sp³-hybridized carbons (Fsp3) is 0.333. The molecule has 0 saturated heterocycles. The summed E-state index contributed by atoms with van der Waals surface area (Å²) in [6.07, 6.45) is 4.63. The van der Waals surface area contributed by atoms with Crippen molar-refractivity contribution in [2.45, 2.75) is 33.9 Å². The van der Waals surface area contributed by atoms with E-state index in [4.69, 9.17) is 4.52 Å². The van der Waals surface area contributed by atoms with E-state index in [1.54, 1.807) is 15.6 Å². The third-order valence-corrected chi connectivity index (χ3v) is 4.81. The van der Waals surface area contributed by atoms with Crippen LogP contribution in [-0.2, 0) is 20.1 Å². The zero-order chi connectivity index (χ0) is 20.0. The van der Waals surface area contributed by atoms with Crippen molar-refractivity contribution in [3.63, 3.8) is 0 Å². The molecule has 10 heteroatoms. The lowest BCUT2D eigenvalue weighted by Gasteiger charge is -2.01. The number of nitrogens with zero attached hydrogens (tertiary/aromatic N) is 7. The summed E-state index contributed by atoms with van der Waals surface area (Å²) in [4.78, 5) is 12.8. The van der Waals surface area contributed by atoms with Crippen LogP contribution in [0.25, 0.3) is 5.69 Å². The molecule has 0 aromatic carbocycles. The third kappa shape index (κ3) is 3.02. The highest BCUT2D eigenvalue weighted by atomic mass is 16.5. The largest absolute Gasteiger partial charge is 0.493 e. The number of imidazole rings is 1. The summed E-state index contributed by atoms with van der Waals surface area (Å²) in [7, 11) is 1.84. The molecule has 0 unspecified atom stereocenters. The minimum Gasteiger partial charge on any atom is -0.493 e. The minimum atomic E-state index is -0.363. The standard InChI is InChI=1S/C18H21N7O3/c1-11-5-14(20-22(11)4)7-23-10-17(26)25(18(23)27)15-6-19-24(8-15)9-16-12(2)21-28-13(16)3/h5-6,8,10,26H,7,9H2,1-4H3. The van der Waals surface area contributed by atoms with E-state index in [-0.39, 0.29) is 18.1 Å². The summed E-state index contributed by atoms with van der Waals surface area (Å²) >= 11 is 0. The van der Waals surface area contributed by atoms with Crippen molar-refractivity contribution in [1.82, 2.24) is 33.9 Å². The molecule has 0 atom stereocenters. The molecule has 1 N–H and O–H groups in total. The monoisotopic (exact) mass is 383 g/mol. The number of hydrogen-bond acceptors (Lipinski definition) is 6. The number of rotatable bonds is 5. The first kappa shape index (κ1) is 17.8. The van der Waals surface area contributed by atoms with Gasteiger partial charge in [0.15, 0.2) is 0 Å². The van der Waals surface area contributed by atoms with E-state index in [0.29, 0.717) is 12.2 Å². The SMILES string of the molecule is Cc1noc(C)c1Cn1cc(-n2c(O)cn(Cc3cc(C)n(C)n3)c2=O)cn1. The van der Waals surface area contributed by atoms with Crippen molar-refractivity contribution in [2.75, 3.05) is 0 Å². The highest BCUT2D eigenvalue weighted by molar-refractivity contribution is 5.32. The topological polar surface area (TPSA) is 109 Å². The van der Waals surface area contributed by atoms with Crippen LogP contribution >= 0.6 is 0 Å². The first-order valence-electron chi connectivity index (χ1n) is 8.78. The molecule has 0 aliphatic rings. The van der Waals surface area contributed by atoms with E-state index in [2.05, 4.69) is 15.4 Å². The first-order chi connectivity index (χ1) is 13.3. The van der Waals surface area contributed by atoms with Crippen LogP contribution in [0.4, 0.5) is 0 Å². The second-order valence-electron chi connectivity index (χ2n) is 6.83. The summed E-state index contributed by atoms with van der Waals surface area (Å²) in [6.45, 7) is 6.38. The molecule has 28 heavy (non-hydrogen) atoms. The summed E-state index contributed by atoms with van der Waals surface area (Å²) < 4.78 is 11.2. The van der Waals surface area contributed by atoms with E-state index in [0.717, 1.165) is 28.4 Å². The molecular weight excluding hydrogens is 362 g/mol. The van der Waals surface area contributed by atoms with E-state index in [9.17, 15) is 9.90 Å². The van der Waals surface area contributed by atoms with Gasteiger partial charge in [-0.2, -0.15) is 10.2 Å². The van der Waals surface area contributed by atoms with E-state index >= 15 is 0 Å². The lowest BCUT2D eigenvalue weighted by Crippen LogP contribution is -2.23. The normalized spacial score (nSPS) is 11.4. The summed E-state index contributed by atoms with van der Waals surface area (Å²) in [5.41, 5.74) is 3.59. The molecule has 10 nitrogen and oxygen atoms in total. The van der Waals surface area contributed by atoms with Crippen LogP contribution in [0.2, 0.25) is 0 Å². The van der Waals surface area contributed by atoms with Crippen LogP contribution < -0.4 is 5.69 Å². The second-order valence-corrected chi connectivity index (χ2v) is 6.83. The predicted octanol–water partition coefficient (Wildman–Crippen LogP) is 1.28. The van der Waals surface area contributed by atoms with Gasteiger partial charge in [0.1, 0.15) is 5.76 Å². The zero-order valence-corrected chi connectivity index (χ0v) is 16.1. The van der Waals surface area contributed by atoms with E-state index in [1.807, 2.05) is 33.9 Å². The van der Waals surface area contributed by atoms with E-state index < -0.39 is 0 Å². The van der Waals surface area contributed by atoms with Crippen LogP contribution in [0.15, 0.2) is 34.0 Å². The van der Waals surface area contributed by atoms with Crippen molar-refractivity contribution in [3.8, 4) is 11.6 Å². The summed E-state index contributed by atoms with van der Waals surface area (Å²) in [5.74, 6) is 0.570. The Morgan fingerprint density at radius 3 is 2.61 bits per heavy atom. The van der Waals surface area contributed by atoms with Gasteiger partial charge in [-0.05, 0) is 26.8 Å². The van der Waals surface area contributed by atoms with Crippen LogP contribution in [0, 0.1) is 20.8 Å². The number of aryl methyl sites for hydroxylation is 4. The maximum absolute atomic E-state index is 12.8. The van der Waals surface area contributed by atoms with Crippen LogP contribution in [-0.4, -0.2) is 39.0 Å². The molecule has 4 aromatic heterocycles. The number of aromatic nitrogens is 7. The Kier molecular flexibility index (Phi) is 4.17. The van der Waals surface area contributed by atoms with Crippen LogP contribution in [0.1, 0.15) is 28.4 Å². The third-order valence-electron chi connectivity index (χ3n) is 4.81. The van der Waals surface area contributed by atoms with Crippen LogP contribution in [0.3, 0.4) is 0 Å². The van der Waals surface area contributed by atoms with Gasteiger partial charge < -0.3 is 9.63 Å². The molecule has 0 spiro atoms. The molecule has 0 amide bonds. The molecule has 0 aliphatic carbocycles. The molecule has 4 aromatic rings. The quantitative estimate of drug-likeness (QED) is 0.556. The molecule has 0 saturated carbocycles. The summed E-state index contributed by atoms with van der Waals surface area (Å²) in [6, 6.07) is 1.91. The molecular formula is C18H21N7O3. The average molecular weight is 383 g/mol. The van der Waals surface area contributed by atoms with Gasteiger partial charge in [-0.25, -0.2) is 9.36 Å². The Morgan fingerprint density at radius 1 is 1.18 bits per heavy atom. The highest BCUT2D eigenvalue weighted by Crippen LogP contribution is 2.17. The molecule has 146 valence electrons. The van der Waals surface area contributed by atoms with Gasteiger partial charge in [0.2, 0.25) is 5.88 Å². The lowest BCUT2D eigenvalue weighted by atomic mass is 10.2. The fourth-order valence-corrected chi connectivity index (χ4v) is 3.17. The smallest absolute Gasteiger partial charge is 0.336 e. The van der Waals surface area contributed by atoms with Crippen molar-refractivity contribution in [2.24, 2.45) is 7.05 Å². The zero-order valence-electron chi connectivity index (χ0n) is 16.1. The first-order valence-corrected chi connectivity index (χ1v) is 8.78. The molecule has 0 radical (unpaired) electrons. The van der Waals surface area contributed by atoms with Crippen molar-refractivity contribution in [3.05, 3.63) is 63.5 Å². The van der Waals surface area contributed by atoms with Gasteiger partial charge in [-0.1, -0.05) is 5.16 Å². The van der Waals surface area contributed by atoms with Gasteiger partial charge in [0, 0.05) is 24.5 Å². The Morgan fingerprint density at radius 2 is 1.96 bits per heavy atom. The maximum atomic E-state index is 12.8. The van der Waals surface area contributed by atoms with E-state index in [1.165, 1.54) is 21.5 Å². The highest BCUT2D eigenvalue weighted by Gasteiger charge is 2.16. The Labute approximate surface area is 160 Å².